The fourth-order valence-corrected chi connectivity index (χ4v) is 3.19. The predicted octanol–water partition coefficient (Wildman–Crippen LogP) is 4.29. The number of benzene rings is 3. The molecule has 0 radical (unpaired) electrons. The Labute approximate surface area is 187 Å². The topological polar surface area (TPSA) is 84.5 Å². The van der Waals surface area contributed by atoms with E-state index in [0.29, 0.717) is 11.3 Å². The Kier molecular flexibility index (Phi) is 7.75. The van der Waals surface area contributed by atoms with E-state index in [2.05, 4.69) is 10.6 Å². The third-order valence-corrected chi connectivity index (χ3v) is 4.87. The molecule has 0 aliphatic heterocycles. The molecule has 2 N–H and O–H groups in total. The maximum absolute atomic E-state index is 12.6. The first-order valence-electron chi connectivity index (χ1n) is 10.4. The lowest BCUT2D eigenvalue weighted by molar-refractivity contribution is -0.150. The van der Waals surface area contributed by atoms with Crippen molar-refractivity contribution in [2.45, 2.75) is 19.9 Å². The Balaban J connectivity index is 1.60. The summed E-state index contributed by atoms with van der Waals surface area (Å²) < 4.78 is 5.22. The van der Waals surface area contributed by atoms with Crippen LogP contribution in [0.3, 0.4) is 0 Å². The molecule has 1 atom stereocenters. The predicted molar refractivity (Wildman–Crippen MR) is 124 cm³/mol. The maximum atomic E-state index is 12.6. The second-order valence-electron chi connectivity index (χ2n) is 7.63. The number of hydrogen-bond donors (Lipinski definition) is 2. The highest BCUT2D eigenvalue weighted by Crippen LogP contribution is 2.27. The van der Waals surface area contributed by atoms with Crippen LogP contribution in [-0.4, -0.2) is 30.4 Å². The quantitative estimate of drug-likeness (QED) is 0.522. The molecular weight excluding hydrogens is 404 g/mol. The highest BCUT2D eigenvalue weighted by atomic mass is 16.5. The number of nitrogens with one attached hydrogen (secondary N) is 2. The number of esters is 1. The molecule has 0 bridgehead atoms. The Morgan fingerprint density at radius 1 is 0.812 bits per heavy atom. The van der Waals surface area contributed by atoms with Crippen LogP contribution in [0.4, 0.5) is 5.69 Å². The first-order chi connectivity index (χ1) is 15.5. The molecular formula is C26H26N2O4. The summed E-state index contributed by atoms with van der Waals surface area (Å²) in [4.78, 5) is 37.5. The molecule has 2 amide bonds. The van der Waals surface area contributed by atoms with Crippen LogP contribution in [0.5, 0.6) is 0 Å². The lowest BCUT2D eigenvalue weighted by Crippen LogP contribution is -2.45. The first kappa shape index (κ1) is 22.7. The lowest BCUT2D eigenvalue weighted by Gasteiger charge is -2.21. The van der Waals surface area contributed by atoms with Gasteiger partial charge < -0.3 is 15.4 Å². The number of hydrogen-bond acceptors (Lipinski definition) is 4. The molecule has 164 valence electrons. The third kappa shape index (κ3) is 6.04. The zero-order valence-electron chi connectivity index (χ0n) is 18.1. The van der Waals surface area contributed by atoms with E-state index < -0.39 is 24.5 Å². The highest BCUT2D eigenvalue weighted by molar-refractivity contribution is 5.98. The van der Waals surface area contributed by atoms with E-state index in [0.717, 1.165) is 11.1 Å². The molecule has 0 saturated carbocycles. The minimum Gasteiger partial charge on any atom is -0.454 e. The summed E-state index contributed by atoms with van der Waals surface area (Å²) in [5.74, 6) is -1.70. The zero-order valence-corrected chi connectivity index (χ0v) is 18.1. The Morgan fingerprint density at radius 2 is 1.41 bits per heavy atom. The van der Waals surface area contributed by atoms with Crippen molar-refractivity contribution in [3.8, 4) is 11.1 Å². The zero-order chi connectivity index (χ0) is 22.9. The number of rotatable bonds is 8. The van der Waals surface area contributed by atoms with Gasteiger partial charge in [0, 0.05) is 16.8 Å². The van der Waals surface area contributed by atoms with Crippen LogP contribution in [0.2, 0.25) is 0 Å². The van der Waals surface area contributed by atoms with Gasteiger partial charge in [-0.15, -0.1) is 0 Å². The highest BCUT2D eigenvalue weighted by Gasteiger charge is 2.26. The fraction of sp³-hybridized carbons (Fsp3) is 0.192. The molecule has 3 aromatic rings. The molecule has 6 heteroatoms. The van der Waals surface area contributed by atoms with Crippen molar-refractivity contribution in [3.05, 3.63) is 90.5 Å². The number of carbonyl (C=O) groups excluding carboxylic acids is 3. The molecule has 3 rings (SSSR count). The Morgan fingerprint density at radius 3 is 2.06 bits per heavy atom. The second-order valence-corrected chi connectivity index (χ2v) is 7.63. The summed E-state index contributed by atoms with van der Waals surface area (Å²) in [7, 11) is 0. The number of anilines is 1. The average molecular weight is 431 g/mol. The number of para-hydroxylation sites is 1. The molecule has 6 nitrogen and oxygen atoms in total. The van der Waals surface area contributed by atoms with Crippen LogP contribution < -0.4 is 10.6 Å². The molecule has 0 aliphatic rings. The summed E-state index contributed by atoms with van der Waals surface area (Å²) in [5, 5.41) is 5.49. The Hall–Kier alpha value is -3.93. The van der Waals surface area contributed by atoms with Crippen LogP contribution >= 0.6 is 0 Å². The molecule has 3 aromatic carbocycles. The molecule has 1 unspecified atom stereocenters. The molecule has 0 aliphatic carbocycles. The molecule has 0 fully saturated rings. The van der Waals surface area contributed by atoms with E-state index in [-0.39, 0.29) is 11.8 Å². The summed E-state index contributed by atoms with van der Waals surface area (Å²) in [6.07, 6.45) is 0. The third-order valence-electron chi connectivity index (χ3n) is 4.87. The van der Waals surface area contributed by atoms with Gasteiger partial charge in [0.25, 0.3) is 11.8 Å². The number of carbonyl (C=O) groups is 3. The molecule has 0 spiro atoms. The van der Waals surface area contributed by atoms with E-state index in [4.69, 9.17) is 4.74 Å². The van der Waals surface area contributed by atoms with Crippen LogP contribution in [0.25, 0.3) is 11.1 Å². The second kappa shape index (κ2) is 10.9. The SMILES string of the molecule is CC(C)C(NC(=O)c1ccccc1)C(=O)OCC(=O)Nc1ccccc1-c1ccccc1. The van der Waals surface area contributed by atoms with Gasteiger partial charge in [-0.25, -0.2) is 4.79 Å². The number of ether oxygens (including phenoxy) is 1. The van der Waals surface area contributed by atoms with E-state index in [9.17, 15) is 14.4 Å². The number of amides is 2. The normalized spacial score (nSPS) is 11.5. The van der Waals surface area contributed by atoms with Crippen LogP contribution in [-0.2, 0) is 14.3 Å². The molecule has 0 aromatic heterocycles. The summed E-state index contributed by atoms with van der Waals surface area (Å²) in [5.41, 5.74) is 2.89. The first-order valence-corrected chi connectivity index (χ1v) is 10.4. The Bertz CT molecular complexity index is 1070. The fourth-order valence-electron chi connectivity index (χ4n) is 3.19. The van der Waals surface area contributed by atoms with Crippen LogP contribution in [0.15, 0.2) is 84.9 Å². The van der Waals surface area contributed by atoms with E-state index in [1.54, 1.807) is 50.2 Å². The summed E-state index contributed by atoms with van der Waals surface area (Å²) in [6, 6.07) is 24.8. The molecule has 32 heavy (non-hydrogen) atoms. The minimum absolute atomic E-state index is 0.211. The van der Waals surface area contributed by atoms with Crippen molar-refractivity contribution < 1.29 is 19.1 Å². The van der Waals surface area contributed by atoms with Gasteiger partial charge in [0.05, 0.1) is 0 Å². The van der Waals surface area contributed by atoms with Gasteiger partial charge in [0.2, 0.25) is 0 Å². The van der Waals surface area contributed by atoms with Gasteiger partial charge in [-0.3, -0.25) is 9.59 Å². The molecule has 0 heterocycles. The van der Waals surface area contributed by atoms with Crippen molar-refractivity contribution >= 4 is 23.5 Å². The van der Waals surface area contributed by atoms with Gasteiger partial charge in [0.1, 0.15) is 6.04 Å². The van der Waals surface area contributed by atoms with E-state index in [1.165, 1.54) is 0 Å². The molecule has 0 saturated heterocycles. The lowest BCUT2D eigenvalue weighted by atomic mass is 10.0. The van der Waals surface area contributed by atoms with Crippen LogP contribution in [0.1, 0.15) is 24.2 Å². The largest absolute Gasteiger partial charge is 0.454 e. The standard InChI is InChI=1S/C26H26N2O4/c1-18(2)24(28-25(30)20-13-7-4-8-14-20)26(31)32-17-23(29)27-22-16-10-9-15-21(22)19-11-5-3-6-12-19/h3-16,18,24H,17H2,1-2H3,(H,27,29)(H,28,30). The smallest absolute Gasteiger partial charge is 0.329 e. The van der Waals surface area contributed by atoms with Crippen LogP contribution in [0, 0.1) is 5.92 Å². The van der Waals surface area contributed by atoms with E-state index in [1.807, 2.05) is 48.5 Å². The van der Waals surface area contributed by atoms with Crippen molar-refractivity contribution in [2.75, 3.05) is 11.9 Å². The van der Waals surface area contributed by atoms with Crippen molar-refractivity contribution in [3.63, 3.8) is 0 Å². The van der Waals surface area contributed by atoms with Gasteiger partial charge in [0.15, 0.2) is 6.61 Å². The van der Waals surface area contributed by atoms with Crippen molar-refractivity contribution in [1.29, 1.82) is 0 Å². The van der Waals surface area contributed by atoms with Gasteiger partial charge >= 0.3 is 5.97 Å². The monoisotopic (exact) mass is 430 g/mol. The van der Waals surface area contributed by atoms with Crippen molar-refractivity contribution in [2.24, 2.45) is 5.92 Å². The van der Waals surface area contributed by atoms with E-state index >= 15 is 0 Å². The average Bonchev–Trinajstić information content (AvgIpc) is 2.82. The summed E-state index contributed by atoms with van der Waals surface area (Å²) >= 11 is 0. The maximum Gasteiger partial charge on any atom is 0.329 e. The minimum atomic E-state index is -0.868. The van der Waals surface area contributed by atoms with Gasteiger partial charge in [-0.2, -0.15) is 0 Å². The van der Waals surface area contributed by atoms with Crippen molar-refractivity contribution in [1.82, 2.24) is 5.32 Å². The summed E-state index contributed by atoms with van der Waals surface area (Å²) in [6.45, 7) is 3.15. The van der Waals surface area contributed by atoms with Gasteiger partial charge in [-0.05, 0) is 29.7 Å². The van der Waals surface area contributed by atoms with Gasteiger partial charge in [-0.1, -0.05) is 80.6 Å².